The zero-order valence-corrected chi connectivity index (χ0v) is 20.7. The SMILES string of the molecule is Cc1ccc([C@H]2C(C(=O)c3cc4ccccc4o3)=C(O)C(=O)N2c2nc3c(C)cc(C)cc3s2)cc1. The van der Waals surface area contributed by atoms with Crippen LogP contribution in [0, 0.1) is 20.8 Å². The molecule has 0 radical (unpaired) electrons. The number of rotatable bonds is 4. The molecule has 178 valence electrons. The van der Waals surface area contributed by atoms with Crippen LogP contribution < -0.4 is 4.90 Å². The number of aromatic nitrogens is 1. The van der Waals surface area contributed by atoms with E-state index in [0.717, 1.165) is 32.3 Å². The first-order valence-corrected chi connectivity index (χ1v) is 12.4. The Balaban J connectivity index is 1.52. The number of aliphatic hydroxyl groups excluding tert-OH is 1. The summed E-state index contributed by atoms with van der Waals surface area (Å²) in [5.74, 6) is -1.70. The summed E-state index contributed by atoms with van der Waals surface area (Å²) in [5.41, 5.74) is 5.18. The maximum Gasteiger partial charge on any atom is 0.296 e. The van der Waals surface area contributed by atoms with Crippen LogP contribution in [-0.4, -0.2) is 21.8 Å². The number of anilines is 1. The summed E-state index contributed by atoms with van der Waals surface area (Å²) in [5, 5.41) is 12.3. The van der Waals surface area contributed by atoms with Crippen molar-refractivity contribution >= 4 is 49.3 Å². The molecular formula is C29H22N2O4S. The van der Waals surface area contributed by atoms with E-state index >= 15 is 0 Å². The number of hydrogen-bond donors (Lipinski definition) is 1. The fourth-order valence-corrected chi connectivity index (χ4v) is 5.96. The van der Waals surface area contributed by atoms with Crippen molar-refractivity contribution in [3.05, 3.63) is 106 Å². The fraction of sp³-hybridized carbons (Fsp3) is 0.138. The summed E-state index contributed by atoms with van der Waals surface area (Å²) in [7, 11) is 0. The van der Waals surface area contributed by atoms with Gasteiger partial charge in [0.2, 0.25) is 5.78 Å². The Hall–Kier alpha value is -4.23. The number of aryl methyl sites for hydroxylation is 3. The van der Waals surface area contributed by atoms with E-state index in [1.54, 1.807) is 12.1 Å². The van der Waals surface area contributed by atoms with E-state index in [-0.39, 0.29) is 11.3 Å². The van der Waals surface area contributed by atoms with Crippen molar-refractivity contribution in [2.45, 2.75) is 26.8 Å². The average molecular weight is 495 g/mol. The third kappa shape index (κ3) is 3.43. The van der Waals surface area contributed by atoms with E-state index < -0.39 is 23.5 Å². The second-order valence-corrected chi connectivity index (χ2v) is 10.2. The Morgan fingerprint density at radius 2 is 1.75 bits per heavy atom. The van der Waals surface area contributed by atoms with Crippen LogP contribution in [0.15, 0.2) is 82.5 Å². The third-order valence-corrected chi connectivity index (χ3v) is 7.52. The minimum absolute atomic E-state index is 0.0185. The highest BCUT2D eigenvalue weighted by Crippen LogP contribution is 2.45. The number of benzene rings is 3. The van der Waals surface area contributed by atoms with Crippen molar-refractivity contribution in [2.24, 2.45) is 0 Å². The fourth-order valence-electron chi connectivity index (χ4n) is 4.79. The number of para-hydroxylation sites is 1. The molecule has 0 fully saturated rings. The Morgan fingerprint density at radius 1 is 1.00 bits per heavy atom. The van der Waals surface area contributed by atoms with Crippen LogP contribution in [0.2, 0.25) is 0 Å². The lowest BCUT2D eigenvalue weighted by molar-refractivity contribution is -0.117. The van der Waals surface area contributed by atoms with E-state index in [1.807, 2.05) is 75.4 Å². The Morgan fingerprint density at radius 3 is 2.50 bits per heavy atom. The van der Waals surface area contributed by atoms with Crippen LogP contribution in [-0.2, 0) is 4.79 Å². The molecule has 6 nitrogen and oxygen atoms in total. The molecule has 1 atom stereocenters. The van der Waals surface area contributed by atoms with Gasteiger partial charge in [-0.2, -0.15) is 0 Å². The van der Waals surface area contributed by atoms with E-state index in [9.17, 15) is 14.7 Å². The maximum atomic E-state index is 13.8. The molecule has 0 spiro atoms. The number of carbonyl (C=O) groups excluding carboxylic acids is 2. The first-order valence-electron chi connectivity index (χ1n) is 11.6. The van der Waals surface area contributed by atoms with Crippen molar-refractivity contribution < 1.29 is 19.1 Å². The first kappa shape index (κ1) is 22.2. The minimum Gasteiger partial charge on any atom is -0.503 e. The summed E-state index contributed by atoms with van der Waals surface area (Å²) in [4.78, 5) is 33.5. The van der Waals surface area contributed by atoms with E-state index in [4.69, 9.17) is 9.40 Å². The molecule has 1 amide bonds. The molecule has 0 bridgehead atoms. The van der Waals surface area contributed by atoms with Crippen molar-refractivity contribution in [3.8, 4) is 0 Å². The molecule has 2 aromatic heterocycles. The van der Waals surface area contributed by atoms with Gasteiger partial charge in [0.25, 0.3) is 5.91 Å². The molecule has 0 saturated heterocycles. The van der Waals surface area contributed by atoms with Crippen molar-refractivity contribution in [1.82, 2.24) is 4.98 Å². The van der Waals surface area contributed by atoms with Crippen molar-refractivity contribution in [1.29, 1.82) is 0 Å². The van der Waals surface area contributed by atoms with Gasteiger partial charge in [0.1, 0.15) is 5.58 Å². The smallest absolute Gasteiger partial charge is 0.296 e. The number of amides is 1. The number of aliphatic hydroxyl groups is 1. The molecule has 0 aliphatic carbocycles. The molecule has 3 aromatic carbocycles. The lowest BCUT2D eigenvalue weighted by Gasteiger charge is -2.24. The Kier molecular flexibility index (Phi) is 5.05. The maximum absolute atomic E-state index is 13.8. The molecule has 1 aliphatic heterocycles. The van der Waals surface area contributed by atoms with Crippen LogP contribution in [0.5, 0.6) is 0 Å². The summed E-state index contributed by atoms with van der Waals surface area (Å²) in [6, 6.07) is 19.7. The number of hydrogen-bond acceptors (Lipinski definition) is 6. The van der Waals surface area contributed by atoms with Crippen LogP contribution in [0.4, 0.5) is 5.13 Å². The summed E-state index contributed by atoms with van der Waals surface area (Å²) in [6.07, 6.45) is 0. The van der Waals surface area contributed by atoms with Gasteiger partial charge in [0.15, 0.2) is 16.7 Å². The molecule has 6 rings (SSSR count). The lowest BCUT2D eigenvalue weighted by atomic mass is 9.94. The number of ketones is 1. The monoisotopic (exact) mass is 494 g/mol. The predicted octanol–water partition coefficient (Wildman–Crippen LogP) is 6.75. The van der Waals surface area contributed by atoms with Crippen molar-refractivity contribution in [2.75, 3.05) is 4.90 Å². The molecule has 1 aliphatic rings. The van der Waals surface area contributed by atoms with Crippen LogP contribution in [0.3, 0.4) is 0 Å². The predicted molar refractivity (Wildman–Crippen MR) is 141 cm³/mol. The zero-order valence-electron chi connectivity index (χ0n) is 19.9. The highest BCUT2D eigenvalue weighted by molar-refractivity contribution is 7.22. The second kappa shape index (κ2) is 8.17. The van der Waals surface area contributed by atoms with Gasteiger partial charge in [0, 0.05) is 5.39 Å². The van der Waals surface area contributed by atoms with Gasteiger partial charge in [0.05, 0.1) is 21.8 Å². The third-order valence-electron chi connectivity index (χ3n) is 6.52. The molecule has 3 heterocycles. The van der Waals surface area contributed by atoms with Gasteiger partial charge in [-0.15, -0.1) is 0 Å². The van der Waals surface area contributed by atoms with Crippen molar-refractivity contribution in [3.63, 3.8) is 0 Å². The van der Waals surface area contributed by atoms with Gasteiger partial charge in [-0.1, -0.05) is 65.4 Å². The van der Waals surface area contributed by atoms with Crippen LogP contribution in [0.1, 0.15) is 38.9 Å². The lowest BCUT2D eigenvalue weighted by Crippen LogP contribution is -2.30. The highest BCUT2D eigenvalue weighted by Gasteiger charge is 2.46. The van der Waals surface area contributed by atoms with E-state index in [2.05, 4.69) is 0 Å². The Bertz CT molecular complexity index is 1690. The molecule has 0 unspecified atom stereocenters. The largest absolute Gasteiger partial charge is 0.503 e. The second-order valence-electron chi connectivity index (χ2n) is 9.15. The van der Waals surface area contributed by atoms with Gasteiger partial charge in [-0.25, -0.2) is 4.98 Å². The summed E-state index contributed by atoms with van der Waals surface area (Å²) in [6.45, 7) is 5.96. The normalized spacial score (nSPS) is 16.0. The summed E-state index contributed by atoms with van der Waals surface area (Å²) < 4.78 is 6.75. The molecule has 36 heavy (non-hydrogen) atoms. The molecule has 5 aromatic rings. The standard InChI is InChI=1S/C29H22N2O4S/c1-15-8-10-18(11-9-15)25-23(26(32)21-14-19-6-4-5-7-20(19)35-21)27(33)28(34)31(25)29-30-24-17(3)12-16(2)13-22(24)36-29/h4-14,25,33H,1-3H3/t25-/m0/s1. The topological polar surface area (TPSA) is 83.6 Å². The molecular weight excluding hydrogens is 472 g/mol. The molecule has 7 heteroatoms. The number of thiazole rings is 1. The highest BCUT2D eigenvalue weighted by atomic mass is 32.1. The Labute approximate surface area is 211 Å². The molecule has 1 N–H and O–H groups in total. The summed E-state index contributed by atoms with van der Waals surface area (Å²) >= 11 is 1.37. The van der Waals surface area contributed by atoms with Gasteiger partial charge in [-0.05, 0) is 55.7 Å². The van der Waals surface area contributed by atoms with Gasteiger partial charge < -0.3 is 9.52 Å². The minimum atomic E-state index is -0.847. The number of fused-ring (bicyclic) bond motifs is 2. The van der Waals surface area contributed by atoms with Gasteiger partial charge in [-0.3, -0.25) is 14.5 Å². The number of furan rings is 1. The van der Waals surface area contributed by atoms with Gasteiger partial charge >= 0.3 is 0 Å². The number of carbonyl (C=O) groups is 2. The average Bonchev–Trinajstić information content (AvgIpc) is 3.54. The van der Waals surface area contributed by atoms with E-state index in [0.29, 0.717) is 16.3 Å². The van der Waals surface area contributed by atoms with Crippen LogP contribution in [0.25, 0.3) is 21.2 Å². The quantitative estimate of drug-likeness (QED) is 0.279. The van der Waals surface area contributed by atoms with Crippen LogP contribution >= 0.6 is 11.3 Å². The molecule has 0 saturated carbocycles. The number of Topliss-reactive ketones (excluding diaryl/α,β-unsaturated/α-hetero) is 1. The first-order chi connectivity index (χ1) is 17.3. The van der Waals surface area contributed by atoms with E-state index in [1.165, 1.54) is 16.2 Å². The zero-order chi connectivity index (χ0) is 25.1. The number of nitrogens with zero attached hydrogens (tertiary/aromatic N) is 2.